The molecule has 0 aliphatic rings. The first kappa shape index (κ1) is 42.2. The summed E-state index contributed by atoms with van der Waals surface area (Å²) in [7, 11) is 0. The molecule has 0 aliphatic heterocycles. The van der Waals surface area contributed by atoms with E-state index in [-0.39, 0.29) is 0 Å². The van der Waals surface area contributed by atoms with E-state index in [0.29, 0.717) is 11.1 Å². The monoisotopic (exact) mass is 894 g/mol. The molecule has 4 nitrogen and oxygen atoms in total. The van der Waals surface area contributed by atoms with E-state index >= 15 is 0 Å². The van der Waals surface area contributed by atoms with Gasteiger partial charge in [0.05, 0.1) is 45.1 Å². The summed E-state index contributed by atoms with van der Waals surface area (Å²) in [5.41, 5.74) is 21.9. The average Bonchev–Trinajstić information content (AvgIpc) is 3.89. The summed E-state index contributed by atoms with van der Waals surface area (Å²) >= 11 is 0. The van der Waals surface area contributed by atoms with Crippen molar-refractivity contribution < 1.29 is 0 Å². The lowest BCUT2D eigenvalue weighted by Gasteiger charge is -2.19. The number of nitriles is 2. The zero-order valence-corrected chi connectivity index (χ0v) is 39.4. The van der Waals surface area contributed by atoms with Gasteiger partial charge in [-0.25, -0.2) is 0 Å². The van der Waals surface area contributed by atoms with Gasteiger partial charge < -0.3 is 9.13 Å². The van der Waals surface area contributed by atoms with Crippen molar-refractivity contribution in [3.05, 3.63) is 240 Å². The molecule has 0 spiro atoms. The van der Waals surface area contributed by atoms with E-state index in [9.17, 15) is 10.5 Å². The fourth-order valence-corrected chi connectivity index (χ4v) is 10.6. The molecule has 12 aromatic rings. The Labute approximate surface area is 407 Å². The molecular weight excluding hydrogens is 849 g/mol. The third-order valence-corrected chi connectivity index (χ3v) is 14.0. The summed E-state index contributed by atoms with van der Waals surface area (Å²) < 4.78 is 4.63. The molecule has 0 amide bonds. The van der Waals surface area contributed by atoms with E-state index in [1.165, 1.54) is 22.3 Å². The topological polar surface area (TPSA) is 57.4 Å². The largest absolute Gasteiger partial charge is 0.308 e. The maximum atomic E-state index is 12.0. The van der Waals surface area contributed by atoms with Gasteiger partial charge in [0.15, 0.2) is 0 Å². The maximum absolute atomic E-state index is 12.0. The number of hydrogen-bond acceptors (Lipinski definition) is 2. The van der Waals surface area contributed by atoms with Crippen LogP contribution in [0.4, 0.5) is 0 Å². The molecule has 2 aromatic heterocycles. The predicted molar refractivity (Wildman–Crippen MR) is 291 cm³/mol. The summed E-state index contributed by atoms with van der Waals surface area (Å²) in [4.78, 5) is 0. The van der Waals surface area contributed by atoms with Crippen molar-refractivity contribution in [1.29, 1.82) is 10.5 Å². The molecule has 0 atom stereocenters. The molecule has 0 radical (unpaired) electrons. The van der Waals surface area contributed by atoms with Gasteiger partial charge in [-0.15, -0.1) is 0 Å². The van der Waals surface area contributed by atoms with Crippen molar-refractivity contribution in [2.24, 2.45) is 0 Å². The second-order valence-electron chi connectivity index (χ2n) is 18.8. The molecule has 0 aliphatic carbocycles. The smallest absolute Gasteiger partial charge is 0.104 e. The van der Waals surface area contributed by atoms with E-state index in [1.807, 2.05) is 18.2 Å². The normalized spacial score (nSPS) is 11.4. The highest BCUT2D eigenvalue weighted by Gasteiger charge is 2.24. The molecule has 330 valence electrons. The molecule has 0 saturated heterocycles. The summed E-state index contributed by atoms with van der Waals surface area (Å²) in [6.45, 7) is 8.51. The van der Waals surface area contributed by atoms with Gasteiger partial charge >= 0.3 is 0 Å². The Morgan fingerprint density at radius 2 is 0.586 bits per heavy atom. The lowest BCUT2D eigenvalue weighted by Crippen LogP contribution is -2.05. The highest BCUT2D eigenvalue weighted by molar-refractivity contribution is 6.13. The molecule has 4 heteroatoms. The summed E-state index contributed by atoms with van der Waals surface area (Å²) in [6, 6.07) is 78.7. The van der Waals surface area contributed by atoms with E-state index < -0.39 is 0 Å². The highest BCUT2D eigenvalue weighted by Crippen LogP contribution is 2.43. The van der Waals surface area contributed by atoms with Gasteiger partial charge in [0.1, 0.15) is 11.6 Å². The van der Waals surface area contributed by atoms with Gasteiger partial charge in [-0.3, -0.25) is 0 Å². The third kappa shape index (κ3) is 7.23. The van der Waals surface area contributed by atoms with E-state index in [4.69, 9.17) is 0 Å². The van der Waals surface area contributed by atoms with Crippen molar-refractivity contribution in [3.8, 4) is 79.1 Å². The Morgan fingerprint density at radius 1 is 0.286 bits per heavy atom. The minimum Gasteiger partial charge on any atom is -0.308 e. The van der Waals surface area contributed by atoms with Gasteiger partial charge in [-0.1, -0.05) is 180 Å². The van der Waals surface area contributed by atoms with E-state index in [2.05, 4.69) is 237 Å². The predicted octanol–water partition coefficient (Wildman–Crippen LogP) is 17.2. The summed E-state index contributed by atoms with van der Waals surface area (Å²) in [5, 5.41) is 26.5. The van der Waals surface area contributed by atoms with Gasteiger partial charge in [-0.05, 0) is 132 Å². The van der Waals surface area contributed by atoms with Crippen LogP contribution in [0.25, 0.3) is 111 Å². The fraction of sp³-hybridized carbons (Fsp3) is 0.0606. The Hall–Kier alpha value is -9.22. The molecular formula is C66H46N4. The first-order valence-corrected chi connectivity index (χ1v) is 23.8. The van der Waals surface area contributed by atoms with Crippen molar-refractivity contribution in [1.82, 2.24) is 9.13 Å². The number of benzene rings is 10. The first-order chi connectivity index (χ1) is 34.2. The van der Waals surface area contributed by atoms with Gasteiger partial charge in [0.2, 0.25) is 0 Å². The van der Waals surface area contributed by atoms with Crippen LogP contribution in [0.5, 0.6) is 0 Å². The maximum Gasteiger partial charge on any atom is 0.104 e. The van der Waals surface area contributed by atoms with Crippen LogP contribution in [-0.4, -0.2) is 9.13 Å². The van der Waals surface area contributed by atoms with Gasteiger partial charge in [0.25, 0.3) is 0 Å². The molecule has 2 heterocycles. The Bertz CT molecular complexity index is 3760. The Balaban J connectivity index is 1.24. The zero-order chi connectivity index (χ0) is 47.6. The third-order valence-electron chi connectivity index (χ3n) is 14.0. The second kappa shape index (κ2) is 16.8. The number of nitrogens with zero attached hydrogens (tertiary/aromatic N) is 4. The highest BCUT2D eigenvalue weighted by atomic mass is 15.0. The number of hydrogen-bond donors (Lipinski definition) is 0. The molecule has 70 heavy (non-hydrogen) atoms. The van der Waals surface area contributed by atoms with Crippen molar-refractivity contribution in [2.45, 2.75) is 27.7 Å². The molecule has 0 bridgehead atoms. The fourth-order valence-electron chi connectivity index (χ4n) is 10.6. The molecule has 10 aromatic carbocycles. The van der Waals surface area contributed by atoms with E-state index in [0.717, 1.165) is 111 Å². The van der Waals surface area contributed by atoms with Crippen LogP contribution in [-0.2, 0) is 0 Å². The number of aryl methyl sites for hydroxylation is 4. The summed E-state index contributed by atoms with van der Waals surface area (Å²) in [6.07, 6.45) is 0. The lowest BCUT2D eigenvalue weighted by atomic mass is 9.98. The molecule has 0 N–H and O–H groups in total. The van der Waals surface area contributed by atoms with E-state index in [1.54, 1.807) is 0 Å². The minimum absolute atomic E-state index is 0.529. The standard InChI is InChI=1S/C66H46N4/c1-41-10-5-15-46(28-41)51-20-24-56-57-25-21-52(47-16-6-11-42(2)29-47)34-62(57)69(61(56)33-51)65-37-55(50-19-9-14-45(32-50)39-67)38-66(60(65)40-68)70-63-35-53(48-17-7-12-43(3)30-48)22-26-58(63)59-27-23-54(36-64(59)70)49-18-8-13-44(4)31-49/h5-38H,1-4H3. The number of aromatic nitrogens is 2. The molecule has 0 saturated carbocycles. The SMILES string of the molecule is Cc1cccc(-c2ccc3c4ccc(-c5cccc(C)c5)cc4n(-c4cc(-c5cccc(C#N)c5)cc(-n5c6cc(-c7cccc(C)c7)ccc6c6ccc(-c7cccc(C)c7)cc65)c4C#N)c3c2)c1. The van der Waals surface area contributed by atoms with Crippen LogP contribution in [0.2, 0.25) is 0 Å². The summed E-state index contributed by atoms with van der Waals surface area (Å²) in [5.74, 6) is 0. The van der Waals surface area contributed by atoms with Crippen LogP contribution < -0.4 is 0 Å². The number of rotatable bonds is 7. The van der Waals surface area contributed by atoms with Crippen LogP contribution >= 0.6 is 0 Å². The van der Waals surface area contributed by atoms with Crippen LogP contribution in [0, 0.1) is 50.4 Å². The Morgan fingerprint density at radius 3 is 0.886 bits per heavy atom. The zero-order valence-electron chi connectivity index (χ0n) is 39.4. The van der Waals surface area contributed by atoms with Crippen molar-refractivity contribution >= 4 is 43.6 Å². The van der Waals surface area contributed by atoms with Gasteiger partial charge in [0, 0.05) is 21.5 Å². The van der Waals surface area contributed by atoms with Gasteiger partial charge in [-0.2, -0.15) is 10.5 Å². The quantitative estimate of drug-likeness (QED) is 0.160. The van der Waals surface area contributed by atoms with Crippen LogP contribution in [0.15, 0.2) is 206 Å². The molecule has 0 fully saturated rings. The lowest BCUT2D eigenvalue weighted by molar-refractivity contribution is 1.12. The molecule has 12 rings (SSSR count). The number of fused-ring (bicyclic) bond motifs is 6. The van der Waals surface area contributed by atoms with Crippen LogP contribution in [0.1, 0.15) is 33.4 Å². The minimum atomic E-state index is 0.529. The Kier molecular flexibility index (Phi) is 10.1. The first-order valence-electron chi connectivity index (χ1n) is 23.8. The van der Waals surface area contributed by atoms with Crippen LogP contribution in [0.3, 0.4) is 0 Å². The molecule has 0 unspecified atom stereocenters. The average molecular weight is 895 g/mol. The second-order valence-corrected chi connectivity index (χ2v) is 18.8. The van der Waals surface area contributed by atoms with Crippen molar-refractivity contribution in [2.75, 3.05) is 0 Å². The van der Waals surface area contributed by atoms with Crippen molar-refractivity contribution in [3.63, 3.8) is 0 Å².